The molecule has 0 radical (unpaired) electrons. The van der Waals surface area contributed by atoms with Crippen molar-refractivity contribution in [3.8, 4) is 40.7 Å². The van der Waals surface area contributed by atoms with Crippen molar-refractivity contribution in [3.63, 3.8) is 0 Å². The fourth-order valence-corrected chi connectivity index (χ4v) is 17.4. The molecule has 0 N–H and O–H groups in total. The molecule has 6 heterocycles. The summed E-state index contributed by atoms with van der Waals surface area (Å²) in [7, 11) is 1.64. The molecule has 2 aromatic heterocycles. The highest BCUT2D eigenvalue weighted by molar-refractivity contribution is 6.30. The van der Waals surface area contributed by atoms with Gasteiger partial charge in [-0.2, -0.15) is 19.9 Å². The van der Waals surface area contributed by atoms with Crippen molar-refractivity contribution in [2.24, 2.45) is 45.5 Å². The average Bonchev–Trinajstić information content (AvgIpc) is 1.75. The Bertz CT molecular complexity index is 4300. The number of anilines is 2. The number of nitrogens with zero attached hydrogens (tertiary/aromatic N) is 12. The fourth-order valence-electron chi connectivity index (χ4n) is 17.4. The van der Waals surface area contributed by atoms with Gasteiger partial charge in [-0.3, -0.25) is 4.79 Å². The van der Waals surface area contributed by atoms with E-state index in [0.29, 0.717) is 69.4 Å². The first kappa shape index (κ1) is 68.4. The van der Waals surface area contributed by atoms with Crippen LogP contribution in [0, 0.1) is 85.9 Å². The van der Waals surface area contributed by atoms with Gasteiger partial charge in [0.1, 0.15) is 53.6 Å². The molecule has 2 aliphatic carbocycles. The Morgan fingerprint density at radius 3 is 1.60 bits per heavy atom. The molecule has 18 nitrogen and oxygen atoms in total. The molecule has 97 heavy (non-hydrogen) atoms. The van der Waals surface area contributed by atoms with Crippen LogP contribution in [0.2, 0.25) is 0 Å². The van der Waals surface area contributed by atoms with Crippen LogP contribution in [0.15, 0.2) is 81.8 Å². The Morgan fingerprint density at radius 2 is 1.10 bits per heavy atom. The SMILES string of the molecule is COc1ccc(-c2nc3n(n2)/C(=N/c2cc4c(cc2C)N(CCCCCN2c5cc(C)c(/N=C6\C(C#N)=C(COOC7C(C)CC(C)CC7C)c7nc(-c8ccc(C=O)c(C)c8)nn76)cc5C(C)CC2(C)C)C(C)(C)CC4C)C(C#N)=C3C(=O)OC2C(C)CC(C)CC2C)cc1C. The van der Waals surface area contributed by atoms with Gasteiger partial charge in [0.25, 0.3) is 0 Å². The second-order valence-corrected chi connectivity index (χ2v) is 30.8. The van der Waals surface area contributed by atoms with E-state index in [1.165, 1.54) is 22.5 Å². The number of hydrogen-bond acceptors (Lipinski definition) is 16. The van der Waals surface area contributed by atoms with Crippen LogP contribution >= 0.6 is 0 Å². The maximum atomic E-state index is 14.6. The number of aromatic nitrogens is 6. The molecule has 0 amide bonds. The zero-order valence-corrected chi connectivity index (χ0v) is 59.9. The Morgan fingerprint density at radius 1 is 0.619 bits per heavy atom. The number of esters is 1. The first-order valence-corrected chi connectivity index (χ1v) is 35.2. The van der Waals surface area contributed by atoms with Crippen LogP contribution in [0.4, 0.5) is 22.7 Å². The molecule has 4 aliphatic heterocycles. The fraction of sp³-hybridized carbons (Fsp3) is 0.519. The number of carbonyl (C=O) groups excluding carboxylic acids is 2. The number of methoxy groups -OCH3 is 1. The van der Waals surface area contributed by atoms with E-state index in [1.807, 2.05) is 44.2 Å². The summed E-state index contributed by atoms with van der Waals surface area (Å²) in [4.78, 5) is 64.5. The highest BCUT2D eigenvalue weighted by Gasteiger charge is 2.44. The number of carbonyl (C=O) groups is 2. The minimum atomic E-state index is -0.584. The lowest BCUT2D eigenvalue weighted by molar-refractivity contribution is -0.338. The lowest BCUT2D eigenvalue weighted by atomic mass is 9.75. The van der Waals surface area contributed by atoms with Gasteiger partial charge in [0.2, 0.25) is 0 Å². The quantitative estimate of drug-likeness (QED) is 0.0258. The molecule has 6 atom stereocenters. The number of aliphatic imine (C=N–C) groups is 2. The Balaban J connectivity index is 0.789. The van der Waals surface area contributed by atoms with Crippen LogP contribution in [-0.2, 0) is 19.3 Å². The van der Waals surface area contributed by atoms with Crippen molar-refractivity contribution in [3.05, 3.63) is 122 Å². The van der Waals surface area contributed by atoms with Crippen LogP contribution < -0.4 is 14.5 Å². The molecule has 0 bridgehead atoms. The van der Waals surface area contributed by atoms with E-state index >= 15 is 0 Å². The minimum Gasteiger partial charge on any atom is -0.496 e. The van der Waals surface area contributed by atoms with Crippen molar-refractivity contribution in [1.29, 1.82) is 10.5 Å². The van der Waals surface area contributed by atoms with Gasteiger partial charge in [0.05, 0.1) is 24.6 Å². The molecule has 12 rings (SSSR count). The zero-order chi connectivity index (χ0) is 69.3. The van der Waals surface area contributed by atoms with Gasteiger partial charge in [0, 0.05) is 57.8 Å². The van der Waals surface area contributed by atoms with Gasteiger partial charge in [-0.25, -0.2) is 34.5 Å². The lowest BCUT2D eigenvalue weighted by Gasteiger charge is -2.48. The van der Waals surface area contributed by atoms with Crippen LogP contribution in [-0.4, -0.2) is 104 Å². The van der Waals surface area contributed by atoms with Gasteiger partial charge < -0.3 is 19.3 Å². The number of ether oxygens (including phenoxy) is 2. The van der Waals surface area contributed by atoms with E-state index in [9.17, 15) is 20.1 Å². The maximum absolute atomic E-state index is 14.6. The summed E-state index contributed by atoms with van der Waals surface area (Å²) in [6.45, 7) is 37.0. The van der Waals surface area contributed by atoms with Crippen molar-refractivity contribution in [1.82, 2.24) is 29.5 Å². The molecular formula is C79H96N12O6. The van der Waals surface area contributed by atoms with Gasteiger partial charge in [-0.1, -0.05) is 67.5 Å². The lowest BCUT2D eigenvalue weighted by Crippen LogP contribution is -2.49. The largest absolute Gasteiger partial charge is 0.496 e. The van der Waals surface area contributed by atoms with Crippen LogP contribution in [0.5, 0.6) is 5.75 Å². The summed E-state index contributed by atoms with van der Waals surface area (Å²) in [5.74, 6) is 4.91. The summed E-state index contributed by atoms with van der Waals surface area (Å²) in [5.41, 5.74) is 12.8. The van der Waals surface area contributed by atoms with E-state index in [1.54, 1.807) is 22.5 Å². The number of aryl methyl sites for hydroxylation is 4. The molecule has 6 aliphatic rings. The molecule has 6 unspecified atom stereocenters. The number of fused-ring (bicyclic) bond motifs is 4. The highest BCUT2D eigenvalue weighted by atomic mass is 17.2. The predicted octanol–water partition coefficient (Wildman–Crippen LogP) is 16.7. The normalized spacial score (nSPS) is 25.6. The number of benzene rings is 4. The second-order valence-electron chi connectivity index (χ2n) is 30.8. The third-order valence-corrected chi connectivity index (χ3v) is 21.9. The molecule has 6 aromatic rings. The first-order chi connectivity index (χ1) is 46.2. The van der Waals surface area contributed by atoms with E-state index in [2.05, 4.69) is 143 Å². The second kappa shape index (κ2) is 27.0. The van der Waals surface area contributed by atoms with Crippen molar-refractivity contribution < 1.29 is 28.8 Å². The molecule has 2 fully saturated rings. The Labute approximate surface area is 572 Å². The van der Waals surface area contributed by atoms with Gasteiger partial charge in [-0.15, -0.1) is 10.2 Å². The Hall–Kier alpha value is -8.58. The molecule has 0 spiro atoms. The van der Waals surface area contributed by atoms with Gasteiger partial charge >= 0.3 is 5.97 Å². The van der Waals surface area contributed by atoms with Crippen molar-refractivity contribution >= 4 is 57.8 Å². The first-order valence-electron chi connectivity index (χ1n) is 35.2. The Kier molecular flexibility index (Phi) is 19.0. The smallest absolute Gasteiger partial charge is 0.343 e. The number of rotatable bonds is 18. The van der Waals surface area contributed by atoms with Gasteiger partial charge in [0.15, 0.2) is 35.0 Å². The summed E-state index contributed by atoms with van der Waals surface area (Å²) in [5, 5.41) is 32.0. The van der Waals surface area contributed by atoms with Crippen LogP contribution in [0.25, 0.3) is 33.9 Å². The monoisotopic (exact) mass is 1310 g/mol. The van der Waals surface area contributed by atoms with Gasteiger partial charge in [-0.05, 0) is 242 Å². The predicted molar refractivity (Wildman–Crippen MR) is 382 cm³/mol. The minimum absolute atomic E-state index is 0.00857. The number of allylic oxidation sites excluding steroid dienone is 2. The summed E-state index contributed by atoms with van der Waals surface area (Å²) >= 11 is 0. The van der Waals surface area contributed by atoms with E-state index in [-0.39, 0.29) is 76.4 Å². The topological polar surface area (TPSA) is 211 Å². The molecular weight excluding hydrogens is 1210 g/mol. The van der Waals surface area contributed by atoms with Crippen LogP contribution in [0.1, 0.15) is 208 Å². The summed E-state index contributed by atoms with van der Waals surface area (Å²) in [6.07, 6.45) is 9.40. The highest BCUT2D eigenvalue weighted by Crippen LogP contribution is 2.49. The summed E-state index contributed by atoms with van der Waals surface area (Å²) < 4.78 is 15.2. The number of hydrogen-bond donors (Lipinski definition) is 0. The van der Waals surface area contributed by atoms with E-state index in [0.717, 1.165) is 122 Å². The third-order valence-electron chi connectivity index (χ3n) is 21.9. The molecule has 508 valence electrons. The molecule has 18 heteroatoms. The molecule has 0 saturated heterocycles. The van der Waals surface area contributed by atoms with E-state index < -0.39 is 5.97 Å². The zero-order valence-electron chi connectivity index (χ0n) is 59.9. The van der Waals surface area contributed by atoms with Crippen molar-refractivity contribution in [2.45, 2.75) is 204 Å². The summed E-state index contributed by atoms with van der Waals surface area (Å²) in [6, 6.07) is 25.0. The number of unbranched alkanes of at least 4 members (excludes halogenated alkanes) is 2. The average molecular weight is 1310 g/mol. The van der Waals surface area contributed by atoms with Crippen molar-refractivity contribution in [2.75, 3.05) is 36.6 Å². The molecule has 2 saturated carbocycles. The maximum Gasteiger partial charge on any atom is 0.343 e. The molecule has 4 aromatic carbocycles. The standard InChI is InChI=1S/C79H96N12O6/c1-43-27-49(7)69(50(8)28-43)96-77(93)68-61(40-81)74(91-76(68)85-72(87-91)56-23-24-67(94-17)48(6)32-56)83-64-36-59-54(12)38-79(15,16)89(66(59)34-47(64)5)26-20-18-19-25-88-65-33-46(4)63(35-58(65)53(11)37-78(88,13)14)82-73-60(39-80)62(42-95-97-70-51(9)29-44(2)30-52(70)10)75-84-71(86-90(73)75)55-21-22-57(41-92)45(3)31-55/h21-24,31-36,41,43-44,49-54,69-70H,18-20,25-30,37-38,42H2,1-17H3/b82-73+,83-74+. The third kappa shape index (κ3) is 13.0. The van der Waals surface area contributed by atoms with E-state index in [4.69, 9.17) is 49.4 Å². The van der Waals surface area contributed by atoms with Crippen LogP contribution in [0.3, 0.4) is 0 Å². The number of nitriles is 2. The number of aldehydes is 1.